The molecular formula is C16H28N4O. The Bertz CT molecular complexity index is 528. The van der Waals surface area contributed by atoms with E-state index in [1.807, 2.05) is 13.1 Å². The van der Waals surface area contributed by atoms with Gasteiger partial charge >= 0.3 is 0 Å². The van der Waals surface area contributed by atoms with Crippen molar-refractivity contribution in [3.63, 3.8) is 0 Å². The predicted octanol–water partition coefficient (Wildman–Crippen LogP) is 2.99. The maximum Gasteiger partial charge on any atom is 0.194 e. The van der Waals surface area contributed by atoms with Crippen LogP contribution in [0.15, 0.2) is 15.6 Å². The summed E-state index contributed by atoms with van der Waals surface area (Å²) in [6.45, 7) is 14.9. The van der Waals surface area contributed by atoms with Gasteiger partial charge in [-0.3, -0.25) is 4.99 Å². The molecule has 5 heteroatoms. The Labute approximate surface area is 127 Å². The third-order valence-electron chi connectivity index (χ3n) is 4.94. The van der Waals surface area contributed by atoms with Crippen LogP contribution in [-0.4, -0.2) is 35.1 Å². The van der Waals surface area contributed by atoms with Gasteiger partial charge in [-0.05, 0) is 19.8 Å². The van der Waals surface area contributed by atoms with Gasteiger partial charge in [0.25, 0.3) is 0 Å². The summed E-state index contributed by atoms with van der Waals surface area (Å²) in [5.41, 5.74) is 1.38. The molecule has 5 nitrogen and oxygen atoms in total. The summed E-state index contributed by atoms with van der Waals surface area (Å²) in [6, 6.07) is 2.01. The van der Waals surface area contributed by atoms with Crippen molar-refractivity contribution in [1.82, 2.24) is 15.4 Å². The lowest BCUT2D eigenvalue weighted by molar-refractivity contribution is -0.0668. The van der Waals surface area contributed by atoms with Crippen LogP contribution in [0.5, 0.6) is 0 Å². The van der Waals surface area contributed by atoms with E-state index in [2.05, 4.69) is 61.9 Å². The fraction of sp³-hybridized carbons (Fsp3) is 0.750. The monoisotopic (exact) mass is 292 g/mol. The maximum absolute atomic E-state index is 5.36. The van der Waals surface area contributed by atoms with Crippen LogP contribution in [0.3, 0.4) is 0 Å². The first-order valence-corrected chi connectivity index (χ1v) is 7.63. The number of hydrogen-bond donors (Lipinski definition) is 1. The van der Waals surface area contributed by atoms with Gasteiger partial charge in [-0.25, -0.2) is 0 Å². The lowest BCUT2D eigenvalue weighted by Gasteiger charge is -2.62. The van der Waals surface area contributed by atoms with E-state index in [-0.39, 0.29) is 5.54 Å². The van der Waals surface area contributed by atoms with Crippen molar-refractivity contribution in [3.8, 4) is 0 Å². The van der Waals surface area contributed by atoms with E-state index in [4.69, 9.17) is 4.52 Å². The van der Waals surface area contributed by atoms with E-state index in [0.717, 1.165) is 24.0 Å². The van der Waals surface area contributed by atoms with E-state index < -0.39 is 0 Å². The number of nitrogens with zero attached hydrogens (tertiary/aromatic N) is 3. The normalized spacial score (nSPS) is 20.6. The zero-order valence-electron chi connectivity index (χ0n) is 14.3. The van der Waals surface area contributed by atoms with Crippen LogP contribution in [0.25, 0.3) is 0 Å². The van der Waals surface area contributed by atoms with Crippen LogP contribution in [-0.2, 0) is 6.54 Å². The third kappa shape index (κ3) is 2.78. The van der Waals surface area contributed by atoms with E-state index >= 15 is 0 Å². The number of rotatable bonds is 3. The molecule has 1 N–H and O–H groups in total. The third-order valence-corrected chi connectivity index (χ3v) is 4.94. The molecule has 1 aliphatic rings. The van der Waals surface area contributed by atoms with Gasteiger partial charge < -0.3 is 14.7 Å². The Kier molecular flexibility index (Phi) is 4.04. The number of aliphatic imine (C=N–C) groups is 1. The molecule has 0 aromatic carbocycles. The van der Waals surface area contributed by atoms with Crippen molar-refractivity contribution in [3.05, 3.63) is 17.5 Å². The number of guanidine groups is 1. The molecule has 0 spiro atoms. The lowest BCUT2D eigenvalue weighted by Crippen LogP contribution is -2.72. The molecule has 118 valence electrons. The Morgan fingerprint density at radius 3 is 2.52 bits per heavy atom. The van der Waals surface area contributed by atoms with Gasteiger partial charge in [0, 0.05) is 30.6 Å². The molecular weight excluding hydrogens is 264 g/mol. The summed E-state index contributed by atoms with van der Waals surface area (Å²) in [5, 5.41) is 7.46. The van der Waals surface area contributed by atoms with Crippen molar-refractivity contribution in [2.45, 2.75) is 59.5 Å². The van der Waals surface area contributed by atoms with Crippen molar-refractivity contribution in [1.29, 1.82) is 0 Å². The average Bonchev–Trinajstić information content (AvgIpc) is 2.87. The summed E-state index contributed by atoms with van der Waals surface area (Å²) >= 11 is 0. The molecule has 0 aliphatic carbocycles. The summed E-state index contributed by atoms with van der Waals surface area (Å²) < 4.78 is 5.36. The zero-order chi connectivity index (χ0) is 15.8. The van der Waals surface area contributed by atoms with Crippen LogP contribution in [0.2, 0.25) is 0 Å². The van der Waals surface area contributed by atoms with Crippen molar-refractivity contribution in [2.24, 2.45) is 10.4 Å². The summed E-state index contributed by atoms with van der Waals surface area (Å²) in [7, 11) is 1.82. The lowest BCUT2D eigenvalue weighted by atomic mass is 9.65. The van der Waals surface area contributed by atoms with E-state index in [0.29, 0.717) is 17.9 Å². The maximum atomic E-state index is 5.36. The first-order valence-electron chi connectivity index (χ1n) is 7.63. The molecule has 1 aromatic heterocycles. The topological polar surface area (TPSA) is 53.7 Å². The van der Waals surface area contributed by atoms with Crippen LogP contribution in [0.4, 0.5) is 0 Å². The number of aromatic nitrogens is 1. The molecule has 2 heterocycles. The highest BCUT2D eigenvalue weighted by Gasteiger charge is 2.53. The predicted molar refractivity (Wildman–Crippen MR) is 85.4 cm³/mol. The van der Waals surface area contributed by atoms with Crippen molar-refractivity contribution < 1.29 is 4.52 Å². The highest BCUT2D eigenvalue weighted by molar-refractivity contribution is 5.81. The fourth-order valence-corrected chi connectivity index (χ4v) is 2.55. The van der Waals surface area contributed by atoms with Gasteiger partial charge in [0.1, 0.15) is 0 Å². The second-order valence-corrected chi connectivity index (χ2v) is 7.30. The number of hydrogen-bond acceptors (Lipinski definition) is 3. The summed E-state index contributed by atoms with van der Waals surface area (Å²) in [4.78, 5) is 6.71. The van der Waals surface area contributed by atoms with Gasteiger partial charge in [0.05, 0.1) is 12.2 Å². The van der Waals surface area contributed by atoms with Gasteiger partial charge in [0.2, 0.25) is 0 Å². The molecule has 1 saturated heterocycles. The first-order chi connectivity index (χ1) is 9.69. The molecule has 1 aliphatic heterocycles. The quantitative estimate of drug-likeness (QED) is 0.687. The minimum Gasteiger partial charge on any atom is -0.359 e. The Morgan fingerprint density at radius 2 is 2.10 bits per heavy atom. The second kappa shape index (κ2) is 5.35. The first kappa shape index (κ1) is 15.9. The van der Waals surface area contributed by atoms with E-state index in [9.17, 15) is 0 Å². The molecule has 1 aromatic rings. The van der Waals surface area contributed by atoms with Crippen LogP contribution in [0, 0.1) is 5.41 Å². The fourth-order valence-electron chi connectivity index (χ4n) is 2.55. The molecule has 2 rings (SSSR count). The minimum atomic E-state index is 0.0966. The van der Waals surface area contributed by atoms with Gasteiger partial charge in [-0.1, -0.05) is 32.9 Å². The van der Waals surface area contributed by atoms with Crippen molar-refractivity contribution >= 4 is 5.96 Å². The molecule has 0 bridgehead atoms. The Morgan fingerprint density at radius 1 is 1.43 bits per heavy atom. The van der Waals surface area contributed by atoms with Gasteiger partial charge in [0.15, 0.2) is 11.7 Å². The van der Waals surface area contributed by atoms with Gasteiger partial charge in [-0.2, -0.15) is 0 Å². The van der Waals surface area contributed by atoms with Crippen LogP contribution < -0.4 is 5.32 Å². The Hall–Kier alpha value is -1.52. The highest BCUT2D eigenvalue weighted by atomic mass is 16.5. The summed E-state index contributed by atoms with van der Waals surface area (Å²) in [5.74, 6) is 2.15. The van der Waals surface area contributed by atoms with Crippen LogP contribution >= 0.6 is 0 Å². The van der Waals surface area contributed by atoms with E-state index in [1.54, 1.807) is 0 Å². The SMILES string of the molecule is CN=C(NCc1cc(C(C)C)no1)N1CC(C)(C)C1(C)C. The Balaban J connectivity index is 1.98. The van der Waals surface area contributed by atoms with Crippen molar-refractivity contribution in [2.75, 3.05) is 13.6 Å². The second-order valence-electron chi connectivity index (χ2n) is 7.30. The number of likely N-dealkylation sites (tertiary alicyclic amines) is 1. The van der Waals surface area contributed by atoms with Gasteiger partial charge in [-0.15, -0.1) is 0 Å². The average molecular weight is 292 g/mol. The molecule has 21 heavy (non-hydrogen) atoms. The smallest absolute Gasteiger partial charge is 0.194 e. The van der Waals surface area contributed by atoms with E-state index in [1.165, 1.54) is 0 Å². The zero-order valence-corrected chi connectivity index (χ0v) is 14.3. The largest absolute Gasteiger partial charge is 0.359 e. The summed E-state index contributed by atoms with van der Waals surface area (Å²) in [6.07, 6.45) is 0. The highest BCUT2D eigenvalue weighted by Crippen LogP contribution is 2.46. The molecule has 0 saturated carbocycles. The standard InChI is InChI=1S/C16H28N4O/c1-11(2)13-8-12(21-19-13)9-18-14(17-7)20-10-15(3,4)16(20,5)6/h8,11H,9-10H2,1-7H3,(H,17,18). The molecule has 0 unspecified atom stereocenters. The molecule has 0 amide bonds. The number of nitrogens with one attached hydrogen (secondary N) is 1. The molecule has 0 radical (unpaired) electrons. The minimum absolute atomic E-state index is 0.0966. The molecule has 0 atom stereocenters. The molecule has 1 fully saturated rings. The van der Waals surface area contributed by atoms with Crippen LogP contribution in [0.1, 0.15) is 58.9 Å².